The molecule has 1 atom stereocenters. The van der Waals surface area contributed by atoms with Crippen LogP contribution in [0.2, 0.25) is 5.02 Å². The van der Waals surface area contributed by atoms with Crippen LogP contribution < -0.4 is 15.4 Å². The number of carbonyl (C=O) groups excluding carboxylic acids is 1. The van der Waals surface area contributed by atoms with Crippen molar-refractivity contribution >= 4 is 23.1 Å². The van der Waals surface area contributed by atoms with Gasteiger partial charge in [-0.1, -0.05) is 55.3 Å². The van der Waals surface area contributed by atoms with Crippen molar-refractivity contribution in [3.05, 3.63) is 116 Å². The Morgan fingerprint density at radius 1 is 1.05 bits per heavy atom. The van der Waals surface area contributed by atoms with E-state index in [2.05, 4.69) is 32.0 Å². The summed E-state index contributed by atoms with van der Waals surface area (Å²) in [6, 6.07) is 20.2. The van der Waals surface area contributed by atoms with Crippen LogP contribution in [0.4, 0.5) is 5.69 Å². The second-order valence-electron chi connectivity index (χ2n) is 12.2. The van der Waals surface area contributed by atoms with Crippen LogP contribution in [0.5, 0.6) is 5.75 Å². The van der Waals surface area contributed by atoms with E-state index in [1.54, 1.807) is 0 Å². The van der Waals surface area contributed by atoms with Crippen molar-refractivity contribution in [1.29, 1.82) is 5.26 Å². The molecule has 0 fully saturated rings. The third kappa shape index (κ3) is 5.37. The van der Waals surface area contributed by atoms with Crippen LogP contribution in [0.3, 0.4) is 0 Å². The number of Topliss-reactive ketones (excluding diaryl/α,β-unsaturated/α-hetero) is 1. The van der Waals surface area contributed by atoms with Gasteiger partial charge in [0.1, 0.15) is 18.2 Å². The number of rotatable bonds is 5. The van der Waals surface area contributed by atoms with Crippen molar-refractivity contribution in [2.24, 2.45) is 11.1 Å². The molecule has 1 unspecified atom stereocenters. The number of benzene rings is 3. The molecular formula is C35H36ClN3O2. The molecule has 0 saturated carbocycles. The van der Waals surface area contributed by atoms with Gasteiger partial charge >= 0.3 is 0 Å². The predicted octanol–water partition coefficient (Wildman–Crippen LogP) is 8.09. The van der Waals surface area contributed by atoms with E-state index in [0.717, 1.165) is 50.5 Å². The van der Waals surface area contributed by atoms with Gasteiger partial charge < -0.3 is 10.5 Å². The average molecular weight is 566 g/mol. The first-order valence-corrected chi connectivity index (χ1v) is 14.3. The van der Waals surface area contributed by atoms with Crippen LogP contribution >= 0.6 is 11.6 Å². The third-order valence-electron chi connectivity index (χ3n) is 8.17. The molecule has 0 saturated heterocycles. The molecule has 1 heterocycles. The number of hydrogen-bond acceptors (Lipinski definition) is 5. The number of aryl methyl sites for hydroxylation is 3. The van der Waals surface area contributed by atoms with Gasteiger partial charge in [0.15, 0.2) is 5.78 Å². The molecule has 2 N–H and O–H groups in total. The summed E-state index contributed by atoms with van der Waals surface area (Å²) in [5.41, 5.74) is 15.4. The Bertz CT molecular complexity index is 1680. The van der Waals surface area contributed by atoms with Gasteiger partial charge in [0.25, 0.3) is 0 Å². The van der Waals surface area contributed by atoms with Crippen LogP contribution in [0.15, 0.2) is 77.3 Å². The van der Waals surface area contributed by atoms with E-state index in [0.29, 0.717) is 41.4 Å². The number of anilines is 1. The quantitative estimate of drug-likeness (QED) is 0.338. The smallest absolute Gasteiger partial charge is 0.162 e. The van der Waals surface area contributed by atoms with E-state index in [-0.39, 0.29) is 11.2 Å². The minimum absolute atomic E-state index is 0.0645. The van der Waals surface area contributed by atoms with E-state index in [1.807, 2.05) is 75.1 Å². The first kappa shape index (κ1) is 28.5. The van der Waals surface area contributed by atoms with E-state index < -0.39 is 5.92 Å². The maximum atomic E-state index is 14.0. The van der Waals surface area contributed by atoms with E-state index >= 15 is 0 Å². The number of ether oxygens (including phenoxy) is 1. The second kappa shape index (κ2) is 10.8. The molecule has 5 rings (SSSR count). The predicted molar refractivity (Wildman–Crippen MR) is 165 cm³/mol. The zero-order chi connectivity index (χ0) is 29.6. The molecule has 0 aromatic heterocycles. The number of carbonyl (C=O) groups is 1. The molecular weight excluding hydrogens is 530 g/mol. The highest BCUT2D eigenvalue weighted by molar-refractivity contribution is 6.30. The van der Waals surface area contributed by atoms with Gasteiger partial charge in [-0.25, -0.2) is 0 Å². The fourth-order valence-electron chi connectivity index (χ4n) is 6.23. The monoisotopic (exact) mass is 565 g/mol. The lowest BCUT2D eigenvalue weighted by atomic mass is 9.68. The molecule has 6 heteroatoms. The molecule has 2 aliphatic rings. The number of nitrogens with two attached hydrogens (primary N) is 1. The number of hydrogen-bond donors (Lipinski definition) is 1. The SMILES string of the molecule is Cc1cccc(N2C(N)=C(C#N)C(c3cc(C)cc(COc4ccc(Cl)cc4C)c3C)C3=C2CC(C)(C)CC3=O)c1. The van der Waals surface area contributed by atoms with E-state index in [4.69, 9.17) is 22.1 Å². The molecule has 0 bridgehead atoms. The molecule has 0 spiro atoms. The maximum absolute atomic E-state index is 14.0. The number of ketones is 1. The lowest BCUT2D eigenvalue weighted by molar-refractivity contribution is -0.118. The summed E-state index contributed by atoms with van der Waals surface area (Å²) in [5, 5.41) is 11.2. The fourth-order valence-corrected chi connectivity index (χ4v) is 6.45. The Kier molecular flexibility index (Phi) is 7.48. The highest BCUT2D eigenvalue weighted by Gasteiger charge is 2.45. The Hall–Kier alpha value is -4.01. The van der Waals surface area contributed by atoms with Crippen molar-refractivity contribution in [2.75, 3.05) is 4.90 Å². The normalized spacial score (nSPS) is 18.3. The molecule has 0 amide bonds. The summed E-state index contributed by atoms with van der Waals surface area (Å²) < 4.78 is 6.22. The van der Waals surface area contributed by atoms with Crippen molar-refractivity contribution in [1.82, 2.24) is 0 Å². The Morgan fingerprint density at radius 3 is 2.49 bits per heavy atom. The highest BCUT2D eigenvalue weighted by Crippen LogP contribution is 2.51. The van der Waals surface area contributed by atoms with E-state index in [9.17, 15) is 10.1 Å². The summed E-state index contributed by atoms with van der Waals surface area (Å²) in [4.78, 5) is 15.9. The van der Waals surface area contributed by atoms with Crippen LogP contribution in [0, 0.1) is 44.4 Å². The van der Waals surface area contributed by atoms with Gasteiger partial charge in [-0.05, 0) is 97.7 Å². The average Bonchev–Trinajstić information content (AvgIpc) is 2.88. The standard InChI is InChI=1S/C35H36ClN3O2/c1-20-8-7-9-26(13-20)39-29-16-35(5,6)17-30(40)33(29)32(28(18-37)34(39)38)27-14-21(2)12-24(23(27)4)19-41-31-11-10-25(36)15-22(31)3/h7-15,32H,16-17,19,38H2,1-6H3. The molecule has 5 nitrogen and oxygen atoms in total. The Morgan fingerprint density at radius 2 is 1.80 bits per heavy atom. The molecule has 210 valence electrons. The zero-order valence-electron chi connectivity index (χ0n) is 24.6. The molecule has 1 aliphatic carbocycles. The van der Waals surface area contributed by atoms with Crippen LogP contribution in [0.25, 0.3) is 0 Å². The Balaban J connectivity index is 1.67. The molecule has 3 aromatic rings. The minimum atomic E-state index is -0.546. The van der Waals surface area contributed by atoms with Crippen LogP contribution in [0.1, 0.15) is 66.0 Å². The summed E-state index contributed by atoms with van der Waals surface area (Å²) in [5.74, 6) is 0.660. The minimum Gasteiger partial charge on any atom is -0.489 e. The number of nitrogens with zero attached hydrogens (tertiary/aromatic N) is 2. The van der Waals surface area contributed by atoms with Gasteiger partial charge in [0, 0.05) is 28.4 Å². The van der Waals surface area contributed by atoms with Gasteiger partial charge in [0.05, 0.1) is 17.6 Å². The summed E-state index contributed by atoms with van der Waals surface area (Å²) in [7, 11) is 0. The molecule has 3 aromatic carbocycles. The maximum Gasteiger partial charge on any atom is 0.162 e. The van der Waals surface area contributed by atoms with Crippen molar-refractivity contribution in [2.45, 2.75) is 66.9 Å². The zero-order valence-corrected chi connectivity index (χ0v) is 25.3. The summed E-state index contributed by atoms with van der Waals surface area (Å²) in [6.45, 7) is 12.6. The van der Waals surface area contributed by atoms with Crippen molar-refractivity contribution in [3.8, 4) is 11.8 Å². The molecule has 41 heavy (non-hydrogen) atoms. The largest absolute Gasteiger partial charge is 0.489 e. The van der Waals surface area contributed by atoms with Crippen LogP contribution in [-0.4, -0.2) is 5.78 Å². The first-order chi connectivity index (χ1) is 19.4. The molecule has 1 aliphatic heterocycles. The lowest BCUT2D eigenvalue weighted by Crippen LogP contribution is -2.42. The highest BCUT2D eigenvalue weighted by atomic mass is 35.5. The Labute approximate surface area is 247 Å². The van der Waals surface area contributed by atoms with Crippen LogP contribution in [-0.2, 0) is 11.4 Å². The number of allylic oxidation sites excluding steroid dienone is 3. The van der Waals surface area contributed by atoms with Gasteiger partial charge in [-0.15, -0.1) is 0 Å². The van der Waals surface area contributed by atoms with Gasteiger partial charge in [-0.2, -0.15) is 5.26 Å². The fraction of sp³-hybridized carbons (Fsp3) is 0.314. The number of nitriles is 1. The lowest BCUT2D eigenvalue weighted by Gasteiger charge is -2.44. The number of halogens is 1. The summed E-state index contributed by atoms with van der Waals surface area (Å²) >= 11 is 6.14. The van der Waals surface area contributed by atoms with Crippen molar-refractivity contribution < 1.29 is 9.53 Å². The van der Waals surface area contributed by atoms with E-state index in [1.165, 1.54) is 0 Å². The van der Waals surface area contributed by atoms with Crippen molar-refractivity contribution in [3.63, 3.8) is 0 Å². The van der Waals surface area contributed by atoms with Gasteiger partial charge in [-0.3, -0.25) is 9.69 Å². The first-order valence-electron chi connectivity index (χ1n) is 13.9. The topological polar surface area (TPSA) is 79.3 Å². The molecule has 0 radical (unpaired) electrons. The summed E-state index contributed by atoms with van der Waals surface area (Å²) in [6.07, 6.45) is 1.09. The second-order valence-corrected chi connectivity index (χ2v) is 12.6. The third-order valence-corrected chi connectivity index (χ3v) is 8.41. The van der Waals surface area contributed by atoms with Gasteiger partial charge in [0.2, 0.25) is 0 Å².